The summed E-state index contributed by atoms with van der Waals surface area (Å²) >= 11 is 5.79. The number of aliphatic hydroxyl groups excluding tert-OH is 1. The number of benzene rings is 1. The highest BCUT2D eigenvalue weighted by Crippen LogP contribution is 2.40. The van der Waals surface area contributed by atoms with Crippen molar-refractivity contribution in [3.63, 3.8) is 0 Å². The molecular formula is C19H20ClNO3. The fraction of sp³-hybridized carbons (Fsp3) is 0.368. The summed E-state index contributed by atoms with van der Waals surface area (Å²) in [4.78, 5) is 14.9. The number of halogens is 1. The number of carboxylic acid groups (broad SMARTS) is 1. The van der Waals surface area contributed by atoms with Gasteiger partial charge in [0.25, 0.3) is 0 Å². The van der Waals surface area contributed by atoms with E-state index in [4.69, 9.17) is 16.7 Å². The molecule has 5 heteroatoms. The van der Waals surface area contributed by atoms with Crippen LogP contribution in [0.4, 0.5) is 0 Å². The predicted octanol–water partition coefficient (Wildman–Crippen LogP) is 4.13. The number of rotatable bonds is 5. The molecule has 126 valence electrons. The first-order valence-corrected chi connectivity index (χ1v) is 8.52. The summed E-state index contributed by atoms with van der Waals surface area (Å²) in [5.41, 5.74) is 2.28. The van der Waals surface area contributed by atoms with E-state index in [9.17, 15) is 9.90 Å². The Balaban J connectivity index is 1.58. The van der Waals surface area contributed by atoms with Crippen LogP contribution in [0.3, 0.4) is 0 Å². The van der Waals surface area contributed by atoms with Crippen LogP contribution in [0.5, 0.6) is 0 Å². The molecule has 2 N–H and O–H groups in total. The molecule has 4 nitrogen and oxygen atoms in total. The van der Waals surface area contributed by atoms with Crippen molar-refractivity contribution < 1.29 is 15.0 Å². The summed E-state index contributed by atoms with van der Waals surface area (Å²) in [7, 11) is 0. The Kier molecular flexibility index (Phi) is 5.17. The Morgan fingerprint density at radius 2 is 1.96 bits per heavy atom. The van der Waals surface area contributed by atoms with E-state index in [-0.39, 0.29) is 5.92 Å². The van der Waals surface area contributed by atoms with Crippen LogP contribution in [-0.4, -0.2) is 21.2 Å². The lowest BCUT2D eigenvalue weighted by atomic mass is 9.92. The van der Waals surface area contributed by atoms with Crippen molar-refractivity contribution in [2.75, 3.05) is 0 Å². The molecule has 0 saturated heterocycles. The van der Waals surface area contributed by atoms with Crippen molar-refractivity contribution >= 4 is 17.6 Å². The molecule has 0 amide bonds. The number of aromatic nitrogens is 1. The van der Waals surface area contributed by atoms with Gasteiger partial charge in [0.15, 0.2) is 0 Å². The number of carbonyl (C=O) groups is 1. The zero-order chi connectivity index (χ0) is 17.1. The van der Waals surface area contributed by atoms with Crippen LogP contribution in [0, 0.1) is 11.8 Å². The minimum absolute atomic E-state index is 0.233. The van der Waals surface area contributed by atoms with Crippen molar-refractivity contribution in [3.05, 3.63) is 64.4 Å². The largest absolute Gasteiger partial charge is 0.478 e. The number of hydrogen-bond acceptors (Lipinski definition) is 3. The molecule has 1 fully saturated rings. The normalized spacial score (nSPS) is 21.6. The summed E-state index contributed by atoms with van der Waals surface area (Å²) < 4.78 is 0. The van der Waals surface area contributed by atoms with E-state index in [1.165, 1.54) is 0 Å². The smallest absolute Gasteiger partial charge is 0.335 e. The van der Waals surface area contributed by atoms with Gasteiger partial charge in [0.2, 0.25) is 0 Å². The molecule has 1 aromatic heterocycles. The van der Waals surface area contributed by atoms with Crippen LogP contribution in [0.25, 0.3) is 0 Å². The highest BCUT2D eigenvalue weighted by molar-refractivity contribution is 6.29. The van der Waals surface area contributed by atoms with Gasteiger partial charge in [-0.1, -0.05) is 29.8 Å². The number of aromatic carboxylic acids is 1. The van der Waals surface area contributed by atoms with Gasteiger partial charge in [-0.15, -0.1) is 0 Å². The first-order valence-electron chi connectivity index (χ1n) is 8.14. The van der Waals surface area contributed by atoms with E-state index in [2.05, 4.69) is 4.98 Å². The fourth-order valence-corrected chi connectivity index (χ4v) is 3.65. The lowest BCUT2D eigenvalue weighted by molar-refractivity contribution is 0.0697. The van der Waals surface area contributed by atoms with Gasteiger partial charge in [-0.2, -0.15) is 0 Å². The molecule has 3 atom stereocenters. The Morgan fingerprint density at radius 1 is 1.21 bits per heavy atom. The molecule has 0 bridgehead atoms. The molecule has 0 unspecified atom stereocenters. The van der Waals surface area contributed by atoms with Gasteiger partial charge in [0.05, 0.1) is 11.7 Å². The van der Waals surface area contributed by atoms with Crippen molar-refractivity contribution in [1.29, 1.82) is 0 Å². The van der Waals surface area contributed by atoms with Gasteiger partial charge < -0.3 is 10.2 Å². The van der Waals surface area contributed by atoms with Crippen LogP contribution >= 0.6 is 11.6 Å². The van der Waals surface area contributed by atoms with E-state index in [1.54, 1.807) is 24.4 Å². The summed E-state index contributed by atoms with van der Waals surface area (Å²) in [5, 5.41) is 19.9. The Labute approximate surface area is 146 Å². The van der Waals surface area contributed by atoms with E-state index in [1.807, 2.05) is 18.2 Å². The molecule has 0 spiro atoms. The first kappa shape index (κ1) is 16.9. The topological polar surface area (TPSA) is 70.4 Å². The molecular weight excluding hydrogens is 326 g/mol. The standard InChI is InChI=1S/C19H20ClNO3/c20-17-8-7-16(11-21-17)18(22)15-6-3-13(10-15)9-12-1-4-14(5-2-12)19(23)24/h1-2,4-5,7-8,11,13,15,18,22H,3,6,9-10H2,(H,23,24)/t13-,15-,18-/m0/s1. The molecule has 0 radical (unpaired) electrons. The van der Waals surface area contributed by atoms with Gasteiger partial charge >= 0.3 is 5.97 Å². The summed E-state index contributed by atoms with van der Waals surface area (Å²) in [6.07, 6.45) is 5.08. The maximum absolute atomic E-state index is 10.9. The molecule has 1 aliphatic rings. The maximum atomic E-state index is 10.9. The molecule has 3 rings (SSSR count). The summed E-state index contributed by atoms with van der Waals surface area (Å²) in [6, 6.07) is 10.6. The number of hydrogen-bond donors (Lipinski definition) is 2. The van der Waals surface area contributed by atoms with E-state index >= 15 is 0 Å². The molecule has 1 heterocycles. The monoisotopic (exact) mass is 345 g/mol. The number of nitrogens with zero attached hydrogens (tertiary/aromatic N) is 1. The fourth-order valence-electron chi connectivity index (χ4n) is 3.54. The van der Waals surface area contributed by atoms with Gasteiger partial charge in [-0.3, -0.25) is 0 Å². The minimum atomic E-state index is -0.901. The van der Waals surface area contributed by atoms with Crippen LogP contribution in [0.15, 0.2) is 42.6 Å². The van der Waals surface area contributed by atoms with Crippen LogP contribution in [0.1, 0.15) is 46.9 Å². The Morgan fingerprint density at radius 3 is 2.58 bits per heavy atom. The van der Waals surface area contributed by atoms with Gasteiger partial charge in [0, 0.05) is 6.20 Å². The number of aliphatic hydroxyl groups is 1. The van der Waals surface area contributed by atoms with E-state index in [0.717, 1.165) is 36.8 Å². The molecule has 1 aromatic carbocycles. The van der Waals surface area contributed by atoms with Gasteiger partial charge in [0.1, 0.15) is 5.15 Å². The van der Waals surface area contributed by atoms with Crippen molar-refractivity contribution in [2.45, 2.75) is 31.8 Å². The lowest BCUT2D eigenvalue weighted by Gasteiger charge is -2.18. The van der Waals surface area contributed by atoms with Gasteiger partial charge in [-0.25, -0.2) is 9.78 Å². The third-order valence-corrected chi connectivity index (χ3v) is 5.07. The third kappa shape index (κ3) is 3.94. The lowest BCUT2D eigenvalue weighted by Crippen LogP contribution is -2.10. The van der Waals surface area contributed by atoms with E-state index in [0.29, 0.717) is 16.6 Å². The number of pyridine rings is 1. The average Bonchev–Trinajstić information content (AvgIpc) is 3.04. The molecule has 24 heavy (non-hydrogen) atoms. The molecule has 1 saturated carbocycles. The zero-order valence-electron chi connectivity index (χ0n) is 13.2. The summed E-state index contributed by atoms with van der Waals surface area (Å²) in [5.74, 6) is -0.154. The molecule has 2 aromatic rings. The maximum Gasteiger partial charge on any atom is 0.335 e. The average molecular weight is 346 g/mol. The Hall–Kier alpha value is -1.91. The zero-order valence-corrected chi connectivity index (χ0v) is 14.0. The predicted molar refractivity (Wildman–Crippen MR) is 92.1 cm³/mol. The second-order valence-electron chi connectivity index (χ2n) is 6.50. The number of carboxylic acids is 1. The quantitative estimate of drug-likeness (QED) is 0.799. The second kappa shape index (κ2) is 7.32. The molecule has 0 aliphatic heterocycles. The Bertz CT molecular complexity index is 700. The van der Waals surface area contributed by atoms with Crippen LogP contribution in [-0.2, 0) is 6.42 Å². The van der Waals surface area contributed by atoms with Crippen LogP contribution in [0.2, 0.25) is 5.15 Å². The summed E-state index contributed by atoms with van der Waals surface area (Å²) in [6.45, 7) is 0. The second-order valence-corrected chi connectivity index (χ2v) is 6.89. The minimum Gasteiger partial charge on any atom is -0.478 e. The van der Waals surface area contributed by atoms with E-state index < -0.39 is 12.1 Å². The highest BCUT2D eigenvalue weighted by Gasteiger charge is 2.30. The van der Waals surface area contributed by atoms with Crippen molar-refractivity contribution in [1.82, 2.24) is 4.98 Å². The van der Waals surface area contributed by atoms with Crippen molar-refractivity contribution in [2.24, 2.45) is 11.8 Å². The SMILES string of the molecule is O=C(O)c1ccc(C[C@@H]2CC[C@H]([C@H](O)c3ccc(Cl)nc3)C2)cc1. The third-order valence-electron chi connectivity index (χ3n) is 4.85. The van der Waals surface area contributed by atoms with Crippen LogP contribution < -0.4 is 0 Å². The van der Waals surface area contributed by atoms with Gasteiger partial charge in [-0.05, 0) is 66.8 Å². The highest BCUT2D eigenvalue weighted by atomic mass is 35.5. The molecule has 1 aliphatic carbocycles. The van der Waals surface area contributed by atoms with Crippen molar-refractivity contribution in [3.8, 4) is 0 Å². The first-order chi connectivity index (χ1) is 11.5.